The van der Waals surface area contributed by atoms with Gasteiger partial charge in [0.25, 0.3) is 0 Å². The van der Waals surface area contributed by atoms with Gasteiger partial charge in [0.05, 0.1) is 6.61 Å². The van der Waals surface area contributed by atoms with Gasteiger partial charge < -0.3 is 15.6 Å². The van der Waals surface area contributed by atoms with Gasteiger partial charge in [0.2, 0.25) is 0 Å². The van der Waals surface area contributed by atoms with Crippen LogP contribution in [0.4, 0.5) is 0 Å². The number of ether oxygens (including phenoxy) is 1. The van der Waals surface area contributed by atoms with Crippen molar-refractivity contribution in [2.45, 2.75) is 39.8 Å². The number of pyridine rings is 1. The molecule has 0 radical (unpaired) electrons. The molecule has 1 aromatic heterocycles. The van der Waals surface area contributed by atoms with Gasteiger partial charge in [-0.2, -0.15) is 0 Å². The number of hydrogen-bond donors (Lipinski definition) is 2. The Morgan fingerprint density at radius 3 is 2.57 bits per heavy atom. The Kier molecular flexibility index (Phi) is 4.49. The molecule has 0 bridgehead atoms. The fourth-order valence-electron chi connectivity index (χ4n) is 2.26. The second-order valence-corrected chi connectivity index (χ2v) is 6.51. The lowest BCUT2D eigenvalue weighted by Crippen LogP contribution is -2.49. The van der Waals surface area contributed by atoms with E-state index >= 15 is 0 Å². The van der Waals surface area contributed by atoms with Gasteiger partial charge in [-0.1, -0.05) is 39.0 Å². The topological polar surface area (TPSA) is 68.4 Å². The van der Waals surface area contributed by atoms with Crippen molar-refractivity contribution in [3.8, 4) is 5.75 Å². The summed E-state index contributed by atoms with van der Waals surface area (Å²) in [4.78, 5) is 4.54. The van der Waals surface area contributed by atoms with Crippen molar-refractivity contribution >= 4 is 10.9 Å². The summed E-state index contributed by atoms with van der Waals surface area (Å²) < 4.78 is 5.98. The van der Waals surface area contributed by atoms with Crippen LogP contribution in [0.2, 0.25) is 0 Å². The van der Waals surface area contributed by atoms with Gasteiger partial charge in [0.15, 0.2) is 0 Å². The predicted octanol–water partition coefficient (Wildman–Crippen LogP) is 2.66. The fraction of sp³-hybridized carbons (Fsp3) is 0.471. The molecule has 21 heavy (non-hydrogen) atoms. The molecule has 0 saturated heterocycles. The highest BCUT2D eigenvalue weighted by molar-refractivity contribution is 5.84. The molecule has 0 saturated carbocycles. The molecule has 2 aromatic rings. The highest BCUT2D eigenvalue weighted by Crippen LogP contribution is 2.28. The van der Waals surface area contributed by atoms with Crippen LogP contribution in [-0.2, 0) is 0 Å². The van der Waals surface area contributed by atoms with Gasteiger partial charge in [-0.25, -0.2) is 4.98 Å². The molecule has 2 atom stereocenters. The summed E-state index contributed by atoms with van der Waals surface area (Å²) in [5, 5.41) is 10.6. The molecule has 1 aromatic carbocycles. The Balaban J connectivity index is 2.36. The normalized spacial score (nSPS) is 15.0. The zero-order valence-electron chi connectivity index (χ0n) is 13.1. The predicted molar refractivity (Wildman–Crippen MR) is 85.4 cm³/mol. The first kappa shape index (κ1) is 15.7. The van der Waals surface area contributed by atoms with Crippen molar-refractivity contribution in [1.29, 1.82) is 0 Å². The van der Waals surface area contributed by atoms with E-state index in [9.17, 15) is 5.11 Å². The molecular formula is C17H24N2O2. The molecule has 1 heterocycles. The molecule has 4 nitrogen and oxygen atoms in total. The number of nitrogens with zero attached hydrogens (tertiary/aromatic N) is 1. The van der Waals surface area contributed by atoms with Gasteiger partial charge in [-0.3, -0.25) is 0 Å². The Morgan fingerprint density at radius 1 is 1.24 bits per heavy atom. The van der Waals surface area contributed by atoms with Crippen LogP contribution in [0.3, 0.4) is 0 Å². The zero-order valence-corrected chi connectivity index (χ0v) is 13.1. The minimum absolute atomic E-state index is 0.124. The lowest BCUT2D eigenvalue weighted by molar-refractivity contribution is 0.0601. The summed E-state index contributed by atoms with van der Waals surface area (Å²) in [5.41, 5.74) is 7.80. The third kappa shape index (κ3) is 3.52. The number of nitrogens with two attached hydrogens (primary N) is 1. The fourth-order valence-corrected chi connectivity index (χ4v) is 2.26. The molecule has 0 aliphatic rings. The number of aromatic nitrogens is 1. The van der Waals surface area contributed by atoms with E-state index in [2.05, 4.69) is 4.98 Å². The van der Waals surface area contributed by atoms with E-state index in [-0.39, 0.29) is 18.1 Å². The Bertz CT molecular complexity index is 620. The monoisotopic (exact) mass is 288 g/mol. The van der Waals surface area contributed by atoms with E-state index in [0.29, 0.717) is 5.75 Å². The minimum atomic E-state index is -0.460. The van der Waals surface area contributed by atoms with Crippen molar-refractivity contribution in [3.05, 3.63) is 36.0 Å². The molecule has 0 spiro atoms. The maximum atomic E-state index is 9.62. The van der Waals surface area contributed by atoms with Crippen LogP contribution >= 0.6 is 0 Å². The number of fused-ring (bicyclic) bond motifs is 1. The first-order valence-electron chi connectivity index (χ1n) is 7.22. The average molecular weight is 288 g/mol. The highest BCUT2D eigenvalue weighted by Gasteiger charge is 2.30. The third-order valence-electron chi connectivity index (χ3n) is 3.68. The highest BCUT2D eigenvalue weighted by atomic mass is 16.5. The number of aliphatic hydroxyl groups excluding tert-OH is 1. The number of hydrogen-bond acceptors (Lipinski definition) is 4. The average Bonchev–Trinajstić information content (AvgIpc) is 2.43. The number of benzene rings is 1. The van der Waals surface area contributed by atoms with Gasteiger partial charge in [-0.05, 0) is 24.5 Å². The molecule has 0 fully saturated rings. The van der Waals surface area contributed by atoms with Crippen LogP contribution in [0.25, 0.3) is 10.9 Å². The molecule has 0 aliphatic carbocycles. The summed E-state index contributed by atoms with van der Waals surface area (Å²) in [5.74, 6) is 0.662. The number of rotatable bonds is 4. The van der Waals surface area contributed by atoms with Gasteiger partial charge >= 0.3 is 0 Å². The minimum Gasteiger partial charge on any atom is -0.484 e. The van der Waals surface area contributed by atoms with E-state index in [0.717, 1.165) is 16.6 Å². The van der Waals surface area contributed by atoms with Gasteiger partial charge in [-0.15, -0.1) is 0 Å². The second kappa shape index (κ2) is 6.00. The Labute approximate surface area is 125 Å². The molecule has 4 heteroatoms. The van der Waals surface area contributed by atoms with Crippen LogP contribution in [0.15, 0.2) is 30.3 Å². The van der Waals surface area contributed by atoms with Crippen molar-refractivity contribution < 1.29 is 9.84 Å². The van der Waals surface area contributed by atoms with Crippen molar-refractivity contribution in [2.24, 2.45) is 11.1 Å². The number of aliphatic hydroxyl groups is 1. The molecule has 114 valence electrons. The second-order valence-electron chi connectivity index (χ2n) is 6.51. The van der Waals surface area contributed by atoms with Crippen LogP contribution in [0.1, 0.15) is 26.5 Å². The summed E-state index contributed by atoms with van der Waals surface area (Å²) in [6.07, 6.45) is -0.460. The lowest BCUT2D eigenvalue weighted by atomic mass is 9.84. The lowest BCUT2D eigenvalue weighted by Gasteiger charge is -2.33. The SMILES string of the molecule is Cc1ccc2cccc(OC(CO)C(N)C(C)(C)C)c2n1. The Hall–Kier alpha value is -1.65. The van der Waals surface area contributed by atoms with Crippen LogP contribution in [-0.4, -0.2) is 28.8 Å². The Morgan fingerprint density at radius 2 is 1.95 bits per heavy atom. The standard InChI is InChI=1S/C17H24N2O2/c1-11-8-9-12-6-5-7-13(15(12)19-11)21-14(10-20)16(18)17(2,3)4/h5-9,14,16,20H,10,18H2,1-4H3. The zero-order chi connectivity index (χ0) is 15.6. The molecule has 0 amide bonds. The van der Waals surface area contributed by atoms with Crippen LogP contribution < -0.4 is 10.5 Å². The van der Waals surface area contributed by atoms with E-state index in [1.165, 1.54) is 0 Å². The quantitative estimate of drug-likeness (QED) is 0.907. The summed E-state index contributed by atoms with van der Waals surface area (Å²) in [6.45, 7) is 7.93. The largest absolute Gasteiger partial charge is 0.484 e. The maximum absolute atomic E-state index is 9.62. The van der Waals surface area contributed by atoms with E-state index < -0.39 is 6.10 Å². The maximum Gasteiger partial charge on any atom is 0.146 e. The van der Waals surface area contributed by atoms with E-state index in [1.54, 1.807) is 0 Å². The van der Waals surface area contributed by atoms with Crippen LogP contribution in [0.5, 0.6) is 5.75 Å². The molecule has 2 rings (SSSR count). The summed E-state index contributed by atoms with van der Waals surface area (Å²) in [7, 11) is 0. The van der Waals surface area contributed by atoms with Gasteiger partial charge in [0.1, 0.15) is 17.4 Å². The summed E-state index contributed by atoms with van der Waals surface area (Å²) in [6, 6.07) is 9.49. The molecule has 0 aliphatic heterocycles. The van der Waals surface area contributed by atoms with Crippen molar-refractivity contribution in [3.63, 3.8) is 0 Å². The molecule has 3 N–H and O–H groups in total. The van der Waals surface area contributed by atoms with Gasteiger partial charge in [0, 0.05) is 17.1 Å². The number of para-hydroxylation sites is 1. The van der Waals surface area contributed by atoms with Crippen molar-refractivity contribution in [1.82, 2.24) is 4.98 Å². The van der Waals surface area contributed by atoms with E-state index in [1.807, 2.05) is 58.0 Å². The molecular weight excluding hydrogens is 264 g/mol. The number of aryl methyl sites for hydroxylation is 1. The smallest absolute Gasteiger partial charge is 0.146 e. The molecule has 2 unspecified atom stereocenters. The van der Waals surface area contributed by atoms with E-state index in [4.69, 9.17) is 10.5 Å². The third-order valence-corrected chi connectivity index (χ3v) is 3.68. The first-order chi connectivity index (χ1) is 9.82. The van der Waals surface area contributed by atoms with Crippen LogP contribution in [0, 0.1) is 12.3 Å². The summed E-state index contributed by atoms with van der Waals surface area (Å²) >= 11 is 0. The first-order valence-corrected chi connectivity index (χ1v) is 7.22. The van der Waals surface area contributed by atoms with Crippen molar-refractivity contribution in [2.75, 3.05) is 6.61 Å².